The molecule has 0 saturated carbocycles. The van der Waals surface area contributed by atoms with Gasteiger partial charge in [-0.1, -0.05) is 6.07 Å². The van der Waals surface area contributed by atoms with E-state index in [0.29, 0.717) is 11.2 Å². The van der Waals surface area contributed by atoms with Crippen molar-refractivity contribution >= 4 is 17.2 Å². The number of fused-ring (bicyclic) bond motifs is 1. The maximum absolute atomic E-state index is 13.2. The highest BCUT2D eigenvalue weighted by molar-refractivity contribution is 5.95. The first kappa shape index (κ1) is 15.7. The number of rotatable bonds is 3. The molecular formula is C14H11F3N6O. The number of aromatic nitrogens is 4. The largest absolute Gasteiger partial charge is 0.435 e. The number of hydrogen-bond acceptors (Lipinski definition) is 5. The Hall–Kier alpha value is -3.17. The lowest BCUT2D eigenvalue weighted by atomic mass is 10.1. The van der Waals surface area contributed by atoms with Crippen molar-refractivity contribution in [1.29, 1.82) is 0 Å². The van der Waals surface area contributed by atoms with E-state index in [4.69, 9.17) is 11.5 Å². The number of hydrogen-bond donors (Lipinski definition) is 2. The van der Waals surface area contributed by atoms with Crippen molar-refractivity contribution in [3.63, 3.8) is 0 Å². The highest BCUT2D eigenvalue weighted by Crippen LogP contribution is 2.32. The number of amides is 1. The molecule has 1 amide bonds. The fraction of sp³-hybridized carbons (Fsp3) is 0.143. The van der Waals surface area contributed by atoms with Gasteiger partial charge in [0.2, 0.25) is 0 Å². The van der Waals surface area contributed by atoms with Crippen LogP contribution in [0.5, 0.6) is 0 Å². The third kappa shape index (κ3) is 2.73. The molecule has 3 rings (SSSR count). The van der Waals surface area contributed by atoms with Gasteiger partial charge in [-0.2, -0.15) is 13.2 Å². The monoisotopic (exact) mass is 336 g/mol. The molecule has 0 aromatic carbocycles. The van der Waals surface area contributed by atoms with Crippen molar-refractivity contribution in [2.45, 2.75) is 12.6 Å². The number of nitrogens with two attached hydrogens (primary N) is 2. The Bertz CT molecular complexity index is 934. The minimum Gasteiger partial charge on any atom is -0.382 e. The Kier molecular flexibility index (Phi) is 3.59. The predicted octanol–water partition coefficient (Wildman–Crippen LogP) is 1.41. The van der Waals surface area contributed by atoms with Gasteiger partial charge in [-0.15, -0.1) is 0 Å². The van der Waals surface area contributed by atoms with E-state index in [1.54, 1.807) is 28.8 Å². The molecule has 0 saturated heterocycles. The predicted molar refractivity (Wildman–Crippen MR) is 78.0 cm³/mol. The van der Waals surface area contributed by atoms with Crippen LogP contribution in [0, 0.1) is 0 Å². The number of imidazole rings is 1. The molecule has 3 heterocycles. The smallest absolute Gasteiger partial charge is 0.382 e. The minimum atomic E-state index is -4.78. The quantitative estimate of drug-likeness (QED) is 0.751. The van der Waals surface area contributed by atoms with Crippen LogP contribution >= 0.6 is 0 Å². The van der Waals surface area contributed by atoms with Crippen LogP contribution in [-0.4, -0.2) is 25.3 Å². The molecule has 0 aliphatic carbocycles. The fourth-order valence-electron chi connectivity index (χ4n) is 2.31. The number of alkyl halides is 3. The zero-order valence-electron chi connectivity index (χ0n) is 12.1. The molecule has 124 valence electrons. The van der Waals surface area contributed by atoms with Crippen molar-refractivity contribution in [1.82, 2.24) is 19.4 Å². The number of nitrogen functional groups attached to an aromatic ring is 1. The van der Waals surface area contributed by atoms with Gasteiger partial charge in [0.1, 0.15) is 0 Å². The summed E-state index contributed by atoms with van der Waals surface area (Å²) in [5.74, 6) is -1.71. The van der Waals surface area contributed by atoms with E-state index < -0.39 is 35.0 Å². The van der Waals surface area contributed by atoms with E-state index >= 15 is 0 Å². The van der Waals surface area contributed by atoms with Gasteiger partial charge in [0, 0.05) is 12.6 Å². The molecule has 3 aromatic heterocycles. The van der Waals surface area contributed by atoms with E-state index in [1.165, 1.54) is 6.33 Å². The van der Waals surface area contributed by atoms with Crippen molar-refractivity contribution in [2.24, 2.45) is 5.73 Å². The van der Waals surface area contributed by atoms with Gasteiger partial charge in [0.25, 0.3) is 5.91 Å². The lowest BCUT2D eigenvalue weighted by Gasteiger charge is -2.13. The Labute approximate surface area is 133 Å². The first-order valence-electron chi connectivity index (χ1n) is 6.71. The van der Waals surface area contributed by atoms with Gasteiger partial charge in [0.15, 0.2) is 17.2 Å². The number of nitrogens with zero attached hydrogens (tertiary/aromatic N) is 4. The summed E-state index contributed by atoms with van der Waals surface area (Å²) >= 11 is 0. The number of primary amides is 1. The van der Waals surface area contributed by atoms with Crippen molar-refractivity contribution < 1.29 is 18.0 Å². The summed E-state index contributed by atoms with van der Waals surface area (Å²) in [6.45, 7) is 0. The first-order chi connectivity index (χ1) is 11.3. The Morgan fingerprint density at radius 1 is 1.21 bits per heavy atom. The molecule has 7 nitrogen and oxygen atoms in total. The fourth-order valence-corrected chi connectivity index (χ4v) is 2.31. The topological polar surface area (TPSA) is 112 Å². The summed E-state index contributed by atoms with van der Waals surface area (Å²) in [5.41, 5.74) is 9.19. The molecule has 3 aromatic rings. The first-order valence-corrected chi connectivity index (χ1v) is 6.71. The molecule has 0 radical (unpaired) electrons. The molecule has 0 bridgehead atoms. The number of halogens is 3. The molecule has 0 unspecified atom stereocenters. The molecular weight excluding hydrogens is 325 g/mol. The lowest BCUT2D eigenvalue weighted by molar-refractivity contribution is -0.142. The van der Waals surface area contributed by atoms with E-state index in [0.717, 1.165) is 0 Å². The minimum absolute atomic E-state index is 0.275. The Morgan fingerprint density at radius 2 is 1.96 bits per heavy atom. The van der Waals surface area contributed by atoms with E-state index in [9.17, 15) is 18.0 Å². The maximum Gasteiger partial charge on any atom is 0.435 e. The molecule has 0 spiro atoms. The van der Waals surface area contributed by atoms with Gasteiger partial charge in [-0.05, 0) is 12.1 Å². The summed E-state index contributed by atoms with van der Waals surface area (Å²) in [6, 6.07) is 5.19. The number of carbonyl (C=O) groups excluding carboxylic acids is 1. The average molecular weight is 336 g/mol. The van der Waals surface area contributed by atoms with E-state index in [2.05, 4.69) is 15.0 Å². The van der Waals surface area contributed by atoms with Crippen LogP contribution in [0.2, 0.25) is 0 Å². The highest BCUT2D eigenvalue weighted by atomic mass is 19.4. The van der Waals surface area contributed by atoms with Gasteiger partial charge >= 0.3 is 6.18 Å². The average Bonchev–Trinajstić information content (AvgIpc) is 2.90. The molecule has 24 heavy (non-hydrogen) atoms. The van der Waals surface area contributed by atoms with Gasteiger partial charge in [-0.3, -0.25) is 4.79 Å². The van der Waals surface area contributed by atoms with E-state index in [-0.39, 0.29) is 6.42 Å². The molecule has 4 N–H and O–H groups in total. The second kappa shape index (κ2) is 5.48. The third-order valence-electron chi connectivity index (χ3n) is 3.36. The van der Waals surface area contributed by atoms with Crippen LogP contribution in [-0.2, 0) is 12.6 Å². The van der Waals surface area contributed by atoms with E-state index in [1.807, 2.05) is 0 Å². The summed E-state index contributed by atoms with van der Waals surface area (Å²) in [4.78, 5) is 22.3. The molecule has 10 heteroatoms. The summed E-state index contributed by atoms with van der Waals surface area (Å²) < 4.78 is 41.3. The number of anilines is 1. The van der Waals surface area contributed by atoms with Crippen LogP contribution in [0.1, 0.15) is 27.6 Å². The van der Waals surface area contributed by atoms with Crippen LogP contribution in [0.25, 0.3) is 5.52 Å². The van der Waals surface area contributed by atoms with Crippen LogP contribution < -0.4 is 11.5 Å². The lowest BCUT2D eigenvalue weighted by Crippen LogP contribution is -2.22. The standard InChI is InChI=1S/C14H11F3N6O/c15-14(16,17)11-8(21-10(13(19)24)12(18)22-11)5-7-9-3-1-2-4-23(9)6-20-7/h1-4,6H,5H2,(H2,18,22)(H2,19,24). The second-order valence-electron chi connectivity index (χ2n) is 4.98. The molecule has 0 atom stereocenters. The number of carbonyl (C=O) groups is 1. The molecule has 0 aliphatic rings. The summed E-state index contributed by atoms with van der Waals surface area (Å²) in [5, 5.41) is 0. The maximum atomic E-state index is 13.2. The van der Waals surface area contributed by atoms with Gasteiger partial charge in [0.05, 0.1) is 23.2 Å². The zero-order chi connectivity index (χ0) is 17.5. The van der Waals surface area contributed by atoms with Gasteiger partial charge in [-0.25, -0.2) is 15.0 Å². The summed E-state index contributed by atoms with van der Waals surface area (Å²) in [7, 11) is 0. The van der Waals surface area contributed by atoms with Crippen LogP contribution in [0.15, 0.2) is 30.7 Å². The number of pyridine rings is 1. The second-order valence-corrected chi connectivity index (χ2v) is 4.98. The van der Waals surface area contributed by atoms with Crippen molar-refractivity contribution in [3.05, 3.63) is 53.5 Å². The molecule has 0 aliphatic heterocycles. The third-order valence-corrected chi connectivity index (χ3v) is 3.36. The van der Waals surface area contributed by atoms with Crippen LogP contribution in [0.3, 0.4) is 0 Å². The molecule has 0 fully saturated rings. The normalized spacial score (nSPS) is 11.8. The van der Waals surface area contributed by atoms with Crippen molar-refractivity contribution in [2.75, 3.05) is 5.73 Å². The van der Waals surface area contributed by atoms with Crippen molar-refractivity contribution in [3.8, 4) is 0 Å². The summed E-state index contributed by atoms with van der Waals surface area (Å²) in [6.07, 6.45) is -1.87. The van der Waals surface area contributed by atoms with Crippen LogP contribution in [0.4, 0.5) is 19.0 Å². The SMILES string of the molecule is NC(=O)c1nc(Cc2ncn3ccccc23)c(C(F)(F)F)nc1N. The van der Waals surface area contributed by atoms with Gasteiger partial charge < -0.3 is 15.9 Å². The Balaban J connectivity index is 2.15. The Morgan fingerprint density at radius 3 is 2.62 bits per heavy atom. The zero-order valence-corrected chi connectivity index (χ0v) is 12.1. The highest BCUT2D eigenvalue weighted by Gasteiger charge is 2.37.